The van der Waals surface area contributed by atoms with Crippen LogP contribution in [0, 0.1) is 0 Å². The Balaban J connectivity index is 1.67. The molecular weight excluding hydrogens is 618 g/mol. The van der Waals surface area contributed by atoms with Gasteiger partial charge in [-0.15, -0.1) is 0 Å². The zero-order valence-electron chi connectivity index (χ0n) is 30.2. The third-order valence-electron chi connectivity index (χ3n) is 9.38. The van der Waals surface area contributed by atoms with Crippen LogP contribution in [-0.2, 0) is 25.7 Å². The highest BCUT2D eigenvalue weighted by Crippen LogP contribution is 2.38. The van der Waals surface area contributed by atoms with Gasteiger partial charge in [-0.2, -0.15) is 0 Å². The van der Waals surface area contributed by atoms with Gasteiger partial charge in [-0.05, 0) is 62.0 Å². The first-order valence-corrected chi connectivity index (χ1v) is 19.0. The van der Waals surface area contributed by atoms with Crippen LogP contribution in [0.4, 0.5) is 5.69 Å². The number of aliphatic hydroxyl groups excluding tert-OH is 1. The number of amides is 2. The van der Waals surface area contributed by atoms with Crippen LogP contribution in [0.1, 0.15) is 152 Å². The van der Waals surface area contributed by atoms with Gasteiger partial charge in [0.1, 0.15) is 0 Å². The summed E-state index contributed by atoms with van der Waals surface area (Å²) in [6, 6.07) is 15.7. The van der Waals surface area contributed by atoms with Crippen LogP contribution < -0.4 is 10.8 Å². The standard InChI is InChI=1S/C40H63N3O6/c1-3-5-7-9-11-15-27-43(28-16-12-10-8-6-4-2)30-36-29-37(33-21-19-32(31-44)20-22-33)49-40(48-36)34-23-25-35(26-24-34)41-38(45)17-13-14-18-39(46)42-47/h19-26,36-37,40,44,47H,3-18,27-31H2,1-2H3,(H,41,45)(H,42,46)/t36-,37+,40+/m1/s1. The van der Waals surface area contributed by atoms with E-state index in [0.29, 0.717) is 24.9 Å². The molecule has 2 aromatic rings. The van der Waals surface area contributed by atoms with Gasteiger partial charge in [0.15, 0.2) is 6.29 Å². The summed E-state index contributed by atoms with van der Waals surface area (Å²) < 4.78 is 13.3. The van der Waals surface area contributed by atoms with Crippen molar-refractivity contribution in [3.63, 3.8) is 0 Å². The molecule has 0 spiro atoms. The molecule has 0 aromatic heterocycles. The monoisotopic (exact) mass is 681 g/mol. The Morgan fingerprint density at radius 2 is 1.27 bits per heavy atom. The molecule has 0 radical (unpaired) electrons. The summed E-state index contributed by atoms with van der Waals surface area (Å²) in [5.41, 5.74) is 5.15. The van der Waals surface area contributed by atoms with Gasteiger partial charge >= 0.3 is 0 Å². The predicted molar refractivity (Wildman–Crippen MR) is 195 cm³/mol. The predicted octanol–water partition coefficient (Wildman–Crippen LogP) is 8.75. The van der Waals surface area contributed by atoms with Gasteiger partial charge < -0.3 is 24.8 Å². The molecule has 2 amide bonds. The molecule has 274 valence electrons. The van der Waals surface area contributed by atoms with E-state index in [1.807, 2.05) is 36.4 Å². The number of ether oxygens (including phenoxy) is 2. The minimum Gasteiger partial charge on any atom is -0.392 e. The molecule has 0 unspecified atom stereocenters. The van der Waals surface area contributed by atoms with Gasteiger partial charge in [-0.3, -0.25) is 14.8 Å². The summed E-state index contributed by atoms with van der Waals surface area (Å²) in [4.78, 5) is 26.3. The minimum absolute atomic E-state index is 0.00579. The van der Waals surface area contributed by atoms with E-state index in [9.17, 15) is 14.7 Å². The first-order valence-electron chi connectivity index (χ1n) is 19.0. The molecule has 1 fully saturated rings. The zero-order valence-corrected chi connectivity index (χ0v) is 30.2. The van der Waals surface area contributed by atoms with Crippen molar-refractivity contribution < 1.29 is 29.4 Å². The van der Waals surface area contributed by atoms with Crippen molar-refractivity contribution in [2.75, 3.05) is 25.0 Å². The normalized spacial score (nSPS) is 17.7. The highest BCUT2D eigenvalue weighted by Gasteiger charge is 2.33. The van der Waals surface area contributed by atoms with E-state index in [4.69, 9.17) is 14.7 Å². The molecule has 2 aromatic carbocycles. The lowest BCUT2D eigenvalue weighted by Crippen LogP contribution is -2.40. The van der Waals surface area contributed by atoms with Crippen molar-refractivity contribution in [2.45, 2.75) is 148 Å². The number of nitrogens with zero attached hydrogens (tertiary/aromatic N) is 1. The molecule has 0 aliphatic carbocycles. The SMILES string of the molecule is CCCCCCCCN(CCCCCCCC)C[C@H]1C[C@@H](c2ccc(CO)cc2)O[C@@H](c2ccc(NC(=O)CCCCC(=O)NO)cc2)O1. The van der Waals surface area contributed by atoms with Gasteiger partial charge in [0.25, 0.3) is 0 Å². The Morgan fingerprint density at radius 3 is 1.84 bits per heavy atom. The maximum absolute atomic E-state index is 12.5. The van der Waals surface area contributed by atoms with Gasteiger partial charge in [-0.25, -0.2) is 5.48 Å². The van der Waals surface area contributed by atoms with Crippen LogP contribution >= 0.6 is 0 Å². The van der Waals surface area contributed by atoms with E-state index in [1.54, 1.807) is 5.48 Å². The Kier molecular flexibility index (Phi) is 20.2. The second-order valence-corrected chi connectivity index (χ2v) is 13.6. The fraction of sp³-hybridized carbons (Fsp3) is 0.650. The van der Waals surface area contributed by atoms with Gasteiger partial charge in [0.2, 0.25) is 11.8 Å². The topological polar surface area (TPSA) is 120 Å². The summed E-state index contributed by atoms with van der Waals surface area (Å²) in [7, 11) is 0. The van der Waals surface area contributed by atoms with Crippen LogP contribution in [0.25, 0.3) is 0 Å². The van der Waals surface area contributed by atoms with Crippen molar-refractivity contribution in [3.05, 3.63) is 65.2 Å². The van der Waals surface area contributed by atoms with E-state index in [0.717, 1.165) is 42.7 Å². The number of hydroxylamine groups is 1. The van der Waals surface area contributed by atoms with Crippen LogP contribution in [0.15, 0.2) is 48.5 Å². The van der Waals surface area contributed by atoms with Gasteiger partial charge in [0.05, 0.1) is 18.8 Å². The summed E-state index contributed by atoms with van der Waals surface area (Å²) in [6.45, 7) is 7.58. The Morgan fingerprint density at radius 1 is 0.714 bits per heavy atom. The second kappa shape index (κ2) is 24.3. The number of carbonyl (C=O) groups is 2. The average Bonchev–Trinajstić information content (AvgIpc) is 3.13. The van der Waals surface area contributed by atoms with Crippen molar-refractivity contribution in [1.29, 1.82) is 0 Å². The maximum atomic E-state index is 12.5. The fourth-order valence-corrected chi connectivity index (χ4v) is 6.42. The lowest BCUT2D eigenvalue weighted by molar-refractivity contribution is -0.253. The third kappa shape index (κ3) is 16.2. The minimum atomic E-state index is -0.548. The molecule has 1 saturated heterocycles. The van der Waals surface area contributed by atoms with Crippen molar-refractivity contribution in [2.24, 2.45) is 0 Å². The fourth-order valence-electron chi connectivity index (χ4n) is 6.42. The quantitative estimate of drug-likeness (QED) is 0.0470. The zero-order chi connectivity index (χ0) is 35.1. The van der Waals surface area contributed by atoms with E-state index in [-0.39, 0.29) is 31.1 Å². The van der Waals surface area contributed by atoms with E-state index < -0.39 is 12.2 Å². The third-order valence-corrected chi connectivity index (χ3v) is 9.38. The molecule has 1 heterocycles. The highest BCUT2D eigenvalue weighted by atomic mass is 16.7. The largest absolute Gasteiger partial charge is 0.392 e. The molecular formula is C40H63N3O6. The number of aliphatic hydroxyl groups is 1. The number of hydrogen-bond acceptors (Lipinski definition) is 7. The molecule has 4 N–H and O–H groups in total. The number of unbranched alkanes of at least 4 members (excludes halogenated alkanes) is 11. The summed E-state index contributed by atoms with van der Waals surface area (Å²) >= 11 is 0. The maximum Gasteiger partial charge on any atom is 0.243 e. The first-order chi connectivity index (χ1) is 23.9. The summed E-state index contributed by atoms with van der Waals surface area (Å²) in [6.07, 6.45) is 17.0. The Hall–Kier alpha value is -2.82. The number of nitrogens with one attached hydrogen (secondary N) is 2. The molecule has 0 saturated carbocycles. The molecule has 9 heteroatoms. The highest BCUT2D eigenvalue weighted by molar-refractivity contribution is 5.90. The lowest BCUT2D eigenvalue weighted by Gasteiger charge is -2.38. The van der Waals surface area contributed by atoms with Crippen molar-refractivity contribution in [1.82, 2.24) is 10.4 Å². The lowest BCUT2D eigenvalue weighted by atomic mass is 9.99. The smallest absolute Gasteiger partial charge is 0.243 e. The van der Waals surface area contributed by atoms with Gasteiger partial charge in [0, 0.05) is 37.1 Å². The summed E-state index contributed by atoms with van der Waals surface area (Å²) in [5, 5.41) is 21.1. The molecule has 9 nitrogen and oxygen atoms in total. The molecule has 3 atom stereocenters. The van der Waals surface area contributed by atoms with E-state index in [1.165, 1.54) is 77.0 Å². The van der Waals surface area contributed by atoms with Gasteiger partial charge in [-0.1, -0.05) is 114 Å². The molecule has 1 aliphatic rings. The molecule has 3 rings (SSSR count). The van der Waals surface area contributed by atoms with E-state index in [2.05, 4.69) is 36.2 Å². The number of benzene rings is 2. The van der Waals surface area contributed by atoms with Crippen LogP contribution in [0.5, 0.6) is 0 Å². The molecule has 49 heavy (non-hydrogen) atoms. The number of anilines is 1. The van der Waals surface area contributed by atoms with Crippen LogP contribution in [0.2, 0.25) is 0 Å². The van der Waals surface area contributed by atoms with E-state index >= 15 is 0 Å². The van der Waals surface area contributed by atoms with Crippen LogP contribution in [-0.4, -0.2) is 52.8 Å². The van der Waals surface area contributed by atoms with Crippen molar-refractivity contribution >= 4 is 17.5 Å². The Labute approximate surface area is 295 Å². The second-order valence-electron chi connectivity index (χ2n) is 13.6. The van der Waals surface area contributed by atoms with Crippen molar-refractivity contribution in [3.8, 4) is 0 Å². The molecule has 0 bridgehead atoms. The molecule has 1 aliphatic heterocycles. The number of hydrogen-bond donors (Lipinski definition) is 4. The average molecular weight is 682 g/mol. The summed E-state index contributed by atoms with van der Waals surface area (Å²) in [5.74, 6) is -0.567. The first kappa shape index (κ1) is 40.6. The van der Waals surface area contributed by atoms with Crippen LogP contribution in [0.3, 0.4) is 0 Å². The Bertz CT molecular complexity index is 1160. The number of carbonyl (C=O) groups excluding carboxylic acids is 2. The number of rotatable bonds is 25.